The van der Waals surface area contributed by atoms with Crippen LogP contribution in [0.3, 0.4) is 0 Å². The highest BCUT2D eigenvalue weighted by molar-refractivity contribution is 7.19. The minimum absolute atomic E-state index is 0.199. The highest BCUT2D eigenvalue weighted by atomic mass is 32.1. The van der Waals surface area contributed by atoms with Gasteiger partial charge >= 0.3 is 6.18 Å². The average Bonchev–Trinajstić information content (AvgIpc) is 3.20. The normalized spacial score (nSPS) is 11.5. The summed E-state index contributed by atoms with van der Waals surface area (Å²) in [5, 5.41) is 3.08. The highest BCUT2D eigenvalue weighted by Gasteiger charge is 2.30. The maximum atomic E-state index is 15.3. The molecule has 4 nitrogen and oxygen atoms in total. The Morgan fingerprint density at radius 3 is 2.38 bits per heavy atom. The van der Waals surface area contributed by atoms with Crippen LogP contribution in [-0.4, -0.2) is 18.4 Å². The van der Waals surface area contributed by atoms with Crippen molar-refractivity contribution in [2.75, 3.05) is 6.54 Å². The van der Waals surface area contributed by atoms with E-state index in [1.807, 2.05) is 12.1 Å². The molecule has 4 aromatic rings. The van der Waals surface area contributed by atoms with E-state index in [1.165, 1.54) is 29.5 Å². The third kappa shape index (κ3) is 4.94. The first-order chi connectivity index (χ1) is 16.1. The zero-order valence-corrected chi connectivity index (χ0v) is 18.4. The monoisotopic (exact) mass is 486 g/mol. The molecule has 1 aromatic heterocycles. The molecular formula is C25H18F4N2O2S. The lowest BCUT2D eigenvalue weighted by Gasteiger charge is -2.09. The first kappa shape index (κ1) is 23.4. The minimum Gasteiger partial charge on any atom is -0.368 e. The summed E-state index contributed by atoms with van der Waals surface area (Å²) in [5.41, 5.74) is 5.36. The molecule has 0 atom stereocenters. The van der Waals surface area contributed by atoms with Gasteiger partial charge in [-0.25, -0.2) is 4.39 Å². The number of hydrogen-bond donors (Lipinski definition) is 2. The smallest absolute Gasteiger partial charge is 0.368 e. The number of nitrogens with two attached hydrogens (primary N) is 1. The Hall–Kier alpha value is -3.72. The van der Waals surface area contributed by atoms with Crippen molar-refractivity contribution in [1.29, 1.82) is 0 Å². The fourth-order valence-electron chi connectivity index (χ4n) is 3.65. The summed E-state index contributed by atoms with van der Waals surface area (Å²) in [6.45, 7) is -0.415. The van der Waals surface area contributed by atoms with Crippen molar-refractivity contribution in [3.8, 4) is 11.1 Å². The van der Waals surface area contributed by atoms with Gasteiger partial charge in [0.1, 0.15) is 5.82 Å². The lowest BCUT2D eigenvalue weighted by atomic mass is 10.00. The van der Waals surface area contributed by atoms with Crippen LogP contribution in [0.5, 0.6) is 0 Å². The molecule has 4 rings (SSSR count). The van der Waals surface area contributed by atoms with Crippen LogP contribution in [-0.2, 0) is 17.4 Å². The average molecular weight is 486 g/mol. The molecule has 34 heavy (non-hydrogen) atoms. The van der Waals surface area contributed by atoms with Gasteiger partial charge in [0.05, 0.1) is 17.7 Å². The van der Waals surface area contributed by atoms with Gasteiger partial charge in [-0.1, -0.05) is 48.5 Å². The predicted octanol–water partition coefficient (Wildman–Crippen LogP) is 5.53. The largest absolute Gasteiger partial charge is 0.416 e. The molecule has 3 N–H and O–H groups in total. The maximum Gasteiger partial charge on any atom is 0.416 e. The van der Waals surface area contributed by atoms with Gasteiger partial charge in [0, 0.05) is 27.1 Å². The van der Waals surface area contributed by atoms with Crippen LogP contribution < -0.4 is 11.1 Å². The highest BCUT2D eigenvalue weighted by Crippen LogP contribution is 2.38. The van der Waals surface area contributed by atoms with Crippen LogP contribution in [0.15, 0.2) is 66.7 Å². The quantitative estimate of drug-likeness (QED) is 0.352. The Kier molecular flexibility index (Phi) is 6.39. The van der Waals surface area contributed by atoms with Crippen LogP contribution in [0.1, 0.15) is 26.4 Å². The van der Waals surface area contributed by atoms with Gasteiger partial charge in [0.25, 0.3) is 5.91 Å². The van der Waals surface area contributed by atoms with Crippen molar-refractivity contribution >= 4 is 33.2 Å². The zero-order valence-electron chi connectivity index (χ0n) is 17.6. The van der Waals surface area contributed by atoms with Gasteiger partial charge in [0.2, 0.25) is 5.91 Å². The van der Waals surface area contributed by atoms with Gasteiger partial charge in [-0.2, -0.15) is 13.2 Å². The third-order valence-corrected chi connectivity index (χ3v) is 6.37. The number of carbonyl (C=O) groups is 2. The Balaban J connectivity index is 1.69. The van der Waals surface area contributed by atoms with Crippen molar-refractivity contribution in [3.05, 3.63) is 94.1 Å². The molecule has 9 heteroatoms. The van der Waals surface area contributed by atoms with Crippen LogP contribution in [0.25, 0.3) is 21.2 Å². The topological polar surface area (TPSA) is 72.2 Å². The van der Waals surface area contributed by atoms with Crippen LogP contribution in [0.2, 0.25) is 0 Å². The molecule has 0 unspecified atom stereocenters. The van der Waals surface area contributed by atoms with Crippen LogP contribution in [0.4, 0.5) is 17.6 Å². The standard InChI is InChI=1S/C25H18F4N2O2S/c26-22-18(7-3-9-20(22)24(33)31-13-21(30)32)19-8-2-5-15-12-17(34-23(15)19)11-14-4-1-6-16(10-14)25(27,28)29/h1-10,12H,11,13H2,(H2,30,32)(H,31,33). The number of alkyl halides is 3. The van der Waals surface area contributed by atoms with Gasteiger partial charge in [-0.15, -0.1) is 11.3 Å². The van der Waals surface area contributed by atoms with E-state index in [2.05, 4.69) is 5.32 Å². The van der Waals surface area contributed by atoms with E-state index >= 15 is 4.39 Å². The van der Waals surface area contributed by atoms with E-state index in [0.29, 0.717) is 17.5 Å². The molecule has 0 spiro atoms. The molecular weight excluding hydrogens is 468 g/mol. The Morgan fingerprint density at radius 1 is 0.941 bits per heavy atom. The van der Waals surface area contributed by atoms with E-state index in [4.69, 9.17) is 5.73 Å². The predicted molar refractivity (Wildman–Crippen MR) is 123 cm³/mol. The lowest BCUT2D eigenvalue weighted by Crippen LogP contribution is -2.33. The van der Waals surface area contributed by atoms with Gasteiger partial charge in [-0.05, 0) is 29.1 Å². The molecule has 0 radical (unpaired) electrons. The molecule has 0 aliphatic heterocycles. The van der Waals surface area contributed by atoms with Gasteiger partial charge in [0.15, 0.2) is 0 Å². The molecule has 1 heterocycles. The van der Waals surface area contributed by atoms with Gasteiger partial charge in [-0.3, -0.25) is 9.59 Å². The Morgan fingerprint density at radius 2 is 1.65 bits per heavy atom. The van der Waals surface area contributed by atoms with Crippen molar-refractivity contribution in [3.63, 3.8) is 0 Å². The maximum absolute atomic E-state index is 15.3. The molecule has 174 valence electrons. The number of nitrogens with one attached hydrogen (secondary N) is 1. The molecule has 3 aromatic carbocycles. The number of benzene rings is 3. The SMILES string of the molecule is NC(=O)CNC(=O)c1cccc(-c2cccc3cc(Cc4cccc(C(F)(F)F)c4)sc23)c1F. The van der Waals surface area contributed by atoms with Crippen LogP contribution in [0, 0.1) is 5.82 Å². The lowest BCUT2D eigenvalue weighted by molar-refractivity contribution is -0.137. The first-order valence-electron chi connectivity index (χ1n) is 10.2. The fraction of sp³-hybridized carbons (Fsp3) is 0.120. The second-order valence-corrected chi connectivity index (χ2v) is 8.76. The summed E-state index contributed by atoms with van der Waals surface area (Å²) in [6.07, 6.45) is -4.13. The number of halogens is 4. The minimum atomic E-state index is -4.42. The summed E-state index contributed by atoms with van der Waals surface area (Å²) in [7, 11) is 0. The number of rotatable bonds is 6. The number of carbonyl (C=O) groups excluding carboxylic acids is 2. The van der Waals surface area contributed by atoms with Crippen molar-refractivity contribution in [2.45, 2.75) is 12.6 Å². The Bertz CT molecular complexity index is 1400. The van der Waals surface area contributed by atoms with Crippen molar-refractivity contribution in [2.24, 2.45) is 5.73 Å². The van der Waals surface area contributed by atoms with E-state index in [-0.39, 0.29) is 11.1 Å². The molecule has 0 bridgehead atoms. The Labute approximate surface area is 196 Å². The third-order valence-electron chi connectivity index (χ3n) is 5.18. The molecule has 0 saturated heterocycles. The van der Waals surface area contributed by atoms with E-state index in [0.717, 1.165) is 27.1 Å². The summed E-state index contributed by atoms with van der Waals surface area (Å²) in [6, 6.07) is 16.7. The molecule has 2 amide bonds. The van der Waals surface area contributed by atoms with Gasteiger partial charge < -0.3 is 11.1 Å². The van der Waals surface area contributed by atoms with Crippen molar-refractivity contribution < 1.29 is 27.2 Å². The number of hydrogen-bond acceptors (Lipinski definition) is 3. The number of amides is 2. The number of primary amides is 1. The summed E-state index contributed by atoms with van der Waals surface area (Å²) in [5.74, 6) is -2.26. The van der Waals surface area contributed by atoms with E-state index in [9.17, 15) is 22.8 Å². The molecule has 0 aliphatic carbocycles. The molecule has 0 aliphatic rings. The van der Waals surface area contributed by atoms with Crippen LogP contribution >= 0.6 is 11.3 Å². The number of fused-ring (bicyclic) bond motifs is 1. The molecule has 0 saturated carbocycles. The first-order valence-corrected chi connectivity index (χ1v) is 11.0. The zero-order chi connectivity index (χ0) is 24.5. The second-order valence-electron chi connectivity index (χ2n) is 7.63. The van der Waals surface area contributed by atoms with Crippen molar-refractivity contribution in [1.82, 2.24) is 5.32 Å². The van der Waals surface area contributed by atoms with E-state index < -0.39 is 35.9 Å². The summed E-state index contributed by atoms with van der Waals surface area (Å²) >= 11 is 1.35. The fourth-order valence-corrected chi connectivity index (χ4v) is 4.87. The van der Waals surface area contributed by atoms with E-state index in [1.54, 1.807) is 24.3 Å². The number of thiophene rings is 1. The summed E-state index contributed by atoms with van der Waals surface area (Å²) in [4.78, 5) is 24.0. The molecule has 0 fully saturated rings. The second kappa shape index (κ2) is 9.26. The summed E-state index contributed by atoms with van der Waals surface area (Å²) < 4.78 is 55.2.